The minimum absolute atomic E-state index is 0.201. The number of hydrogen-bond acceptors (Lipinski definition) is 7. The normalized spacial score (nSPS) is 17.6. The van der Waals surface area contributed by atoms with Crippen LogP contribution < -0.4 is 20.3 Å². The van der Waals surface area contributed by atoms with Crippen molar-refractivity contribution in [3.05, 3.63) is 57.9 Å². The van der Waals surface area contributed by atoms with Crippen molar-refractivity contribution in [1.82, 2.24) is 24.5 Å². The molecule has 3 aromatic heterocycles. The molecular formula is C21H26N6O3. The van der Waals surface area contributed by atoms with Gasteiger partial charge in [-0.25, -0.2) is 4.68 Å². The Bertz CT molecular complexity index is 1090. The molecule has 4 rings (SSSR count). The molecule has 0 amide bonds. The average Bonchev–Trinajstić information content (AvgIpc) is 3.44. The van der Waals surface area contributed by atoms with Gasteiger partial charge in [-0.3, -0.25) is 14.5 Å². The maximum absolute atomic E-state index is 12.4. The summed E-state index contributed by atoms with van der Waals surface area (Å²) in [5.74, 6) is 1.95. The number of aryl methyl sites for hydroxylation is 3. The predicted octanol–water partition coefficient (Wildman–Crippen LogP) is 2.02. The second-order valence-corrected chi connectivity index (χ2v) is 7.62. The van der Waals surface area contributed by atoms with Crippen molar-refractivity contribution in [3.63, 3.8) is 0 Å². The number of nitrogens with zero attached hydrogens (tertiary/aromatic N) is 5. The van der Waals surface area contributed by atoms with Crippen LogP contribution in [0.1, 0.15) is 29.4 Å². The van der Waals surface area contributed by atoms with E-state index in [1.807, 2.05) is 32.2 Å². The highest BCUT2D eigenvalue weighted by atomic mass is 16.5. The summed E-state index contributed by atoms with van der Waals surface area (Å²) < 4.78 is 14.1. The van der Waals surface area contributed by atoms with E-state index in [0.29, 0.717) is 36.6 Å². The predicted molar refractivity (Wildman–Crippen MR) is 112 cm³/mol. The lowest BCUT2D eigenvalue weighted by Crippen LogP contribution is -2.24. The fraction of sp³-hybridized carbons (Fsp3) is 0.429. The van der Waals surface area contributed by atoms with Crippen LogP contribution in [-0.4, -0.2) is 38.3 Å². The molecule has 2 unspecified atom stereocenters. The van der Waals surface area contributed by atoms with Gasteiger partial charge in [0, 0.05) is 37.7 Å². The van der Waals surface area contributed by atoms with Gasteiger partial charge in [0.2, 0.25) is 5.88 Å². The van der Waals surface area contributed by atoms with E-state index in [1.54, 1.807) is 31.1 Å². The van der Waals surface area contributed by atoms with Gasteiger partial charge in [0.15, 0.2) is 0 Å². The van der Waals surface area contributed by atoms with E-state index in [-0.39, 0.29) is 5.56 Å². The van der Waals surface area contributed by atoms with E-state index < -0.39 is 0 Å². The molecule has 1 N–H and O–H groups in total. The van der Waals surface area contributed by atoms with Crippen molar-refractivity contribution in [1.29, 1.82) is 0 Å². The fourth-order valence-electron chi connectivity index (χ4n) is 3.51. The molecule has 0 aliphatic heterocycles. The van der Waals surface area contributed by atoms with Crippen LogP contribution >= 0.6 is 0 Å². The van der Waals surface area contributed by atoms with Gasteiger partial charge in [-0.2, -0.15) is 5.10 Å². The molecule has 1 fully saturated rings. The van der Waals surface area contributed by atoms with E-state index >= 15 is 0 Å². The minimum Gasteiger partial charge on any atom is -0.495 e. The van der Waals surface area contributed by atoms with E-state index in [2.05, 4.69) is 20.5 Å². The number of pyridine rings is 1. The lowest BCUT2D eigenvalue weighted by atomic mass is 10.2. The largest absolute Gasteiger partial charge is 0.495 e. The molecule has 158 valence electrons. The lowest BCUT2D eigenvalue weighted by Gasteiger charge is -2.11. The van der Waals surface area contributed by atoms with Gasteiger partial charge in [-0.1, -0.05) is 0 Å². The number of methoxy groups -OCH3 is 1. The SMILES string of the molecule is COc1ccc(C2CC2COc2cc(NCc3cc(C)nn3C)c(=O)n(C)n2)nc1. The highest BCUT2D eigenvalue weighted by Gasteiger charge is 2.40. The first kappa shape index (κ1) is 19.9. The Balaban J connectivity index is 1.37. The van der Waals surface area contributed by atoms with E-state index in [4.69, 9.17) is 9.47 Å². The molecule has 1 aliphatic carbocycles. The van der Waals surface area contributed by atoms with Crippen LogP contribution in [0.3, 0.4) is 0 Å². The summed E-state index contributed by atoms with van der Waals surface area (Å²) in [4.78, 5) is 16.9. The van der Waals surface area contributed by atoms with Crippen molar-refractivity contribution in [2.24, 2.45) is 20.0 Å². The summed E-state index contributed by atoms with van der Waals surface area (Å²) >= 11 is 0. The van der Waals surface area contributed by atoms with Crippen LogP contribution in [0.2, 0.25) is 0 Å². The number of anilines is 1. The number of aromatic nitrogens is 5. The van der Waals surface area contributed by atoms with E-state index in [0.717, 1.165) is 29.3 Å². The molecule has 0 saturated heterocycles. The summed E-state index contributed by atoms with van der Waals surface area (Å²) in [5, 5.41) is 11.7. The molecule has 0 radical (unpaired) electrons. The highest BCUT2D eigenvalue weighted by molar-refractivity contribution is 5.43. The molecule has 0 aromatic carbocycles. The molecule has 2 atom stereocenters. The first-order chi connectivity index (χ1) is 14.4. The Kier molecular flexibility index (Phi) is 5.43. The Labute approximate surface area is 174 Å². The maximum atomic E-state index is 12.4. The monoisotopic (exact) mass is 410 g/mol. The smallest absolute Gasteiger partial charge is 0.290 e. The number of rotatable bonds is 8. The van der Waals surface area contributed by atoms with Crippen molar-refractivity contribution < 1.29 is 9.47 Å². The van der Waals surface area contributed by atoms with E-state index in [1.165, 1.54) is 4.68 Å². The maximum Gasteiger partial charge on any atom is 0.290 e. The van der Waals surface area contributed by atoms with Crippen LogP contribution in [0.5, 0.6) is 11.6 Å². The van der Waals surface area contributed by atoms with Crippen molar-refractivity contribution in [2.75, 3.05) is 19.0 Å². The summed E-state index contributed by atoms with van der Waals surface area (Å²) in [5.41, 5.74) is 3.22. The van der Waals surface area contributed by atoms with Gasteiger partial charge in [0.05, 0.1) is 37.8 Å². The summed E-state index contributed by atoms with van der Waals surface area (Å²) in [6.07, 6.45) is 2.76. The zero-order valence-corrected chi connectivity index (χ0v) is 17.6. The lowest BCUT2D eigenvalue weighted by molar-refractivity contribution is 0.278. The van der Waals surface area contributed by atoms with Crippen molar-refractivity contribution in [2.45, 2.75) is 25.8 Å². The molecule has 9 nitrogen and oxygen atoms in total. The van der Waals surface area contributed by atoms with Gasteiger partial charge in [0.25, 0.3) is 5.56 Å². The van der Waals surface area contributed by atoms with Crippen LogP contribution in [0, 0.1) is 12.8 Å². The van der Waals surface area contributed by atoms with Crippen LogP contribution in [0.15, 0.2) is 35.3 Å². The standard InChI is InChI=1S/C21H26N6O3/c1-13-7-15(26(2)24-13)10-22-19-9-20(25-27(3)21(19)28)30-12-14-8-17(14)18-6-5-16(29-4)11-23-18/h5-7,9,11,14,17,22H,8,10,12H2,1-4H3. The quantitative estimate of drug-likeness (QED) is 0.607. The number of ether oxygens (including phenoxy) is 2. The van der Waals surface area contributed by atoms with Gasteiger partial charge in [-0.05, 0) is 31.5 Å². The second-order valence-electron chi connectivity index (χ2n) is 7.62. The summed E-state index contributed by atoms with van der Waals surface area (Å²) in [7, 11) is 5.13. The molecule has 3 aromatic rings. The third kappa shape index (κ3) is 4.29. The number of hydrogen-bond donors (Lipinski definition) is 1. The molecule has 0 spiro atoms. The minimum atomic E-state index is -0.201. The molecule has 1 aliphatic rings. The third-order valence-electron chi connectivity index (χ3n) is 5.34. The Morgan fingerprint density at radius 1 is 1.20 bits per heavy atom. The fourth-order valence-corrected chi connectivity index (χ4v) is 3.51. The van der Waals surface area contributed by atoms with E-state index in [9.17, 15) is 4.79 Å². The molecule has 3 heterocycles. The number of nitrogens with one attached hydrogen (secondary N) is 1. The topological polar surface area (TPSA) is 96.1 Å². The highest BCUT2D eigenvalue weighted by Crippen LogP contribution is 2.46. The van der Waals surface area contributed by atoms with Gasteiger partial charge < -0.3 is 14.8 Å². The Hall–Kier alpha value is -3.36. The van der Waals surface area contributed by atoms with Crippen molar-refractivity contribution >= 4 is 5.69 Å². The Morgan fingerprint density at radius 3 is 2.70 bits per heavy atom. The van der Waals surface area contributed by atoms with Crippen LogP contribution in [-0.2, 0) is 20.6 Å². The third-order valence-corrected chi connectivity index (χ3v) is 5.34. The van der Waals surface area contributed by atoms with Gasteiger partial charge >= 0.3 is 0 Å². The second kappa shape index (κ2) is 8.17. The molecule has 30 heavy (non-hydrogen) atoms. The molecular weight excluding hydrogens is 384 g/mol. The zero-order chi connectivity index (χ0) is 21.3. The molecule has 9 heteroatoms. The molecule has 1 saturated carbocycles. The van der Waals surface area contributed by atoms with Crippen molar-refractivity contribution in [3.8, 4) is 11.6 Å². The van der Waals surface area contributed by atoms with Gasteiger partial charge in [0.1, 0.15) is 11.4 Å². The summed E-state index contributed by atoms with van der Waals surface area (Å²) in [6, 6.07) is 7.57. The molecule has 0 bridgehead atoms. The van der Waals surface area contributed by atoms with Gasteiger partial charge in [-0.15, -0.1) is 5.10 Å². The average molecular weight is 410 g/mol. The Morgan fingerprint density at radius 2 is 2.03 bits per heavy atom. The summed E-state index contributed by atoms with van der Waals surface area (Å²) in [6.45, 7) is 2.96. The first-order valence-electron chi connectivity index (χ1n) is 9.89. The van der Waals surface area contributed by atoms with Crippen LogP contribution in [0.4, 0.5) is 5.69 Å². The first-order valence-corrected chi connectivity index (χ1v) is 9.89. The van der Waals surface area contributed by atoms with Crippen LogP contribution in [0.25, 0.3) is 0 Å². The zero-order valence-electron chi connectivity index (χ0n) is 17.6.